The number of hydrogen-bond donors (Lipinski definition) is 1. The van der Waals surface area contributed by atoms with E-state index in [1.807, 2.05) is 30.0 Å². The Morgan fingerprint density at radius 1 is 1.38 bits per heavy atom. The van der Waals surface area contributed by atoms with Gasteiger partial charge >= 0.3 is 0 Å². The van der Waals surface area contributed by atoms with Crippen molar-refractivity contribution in [1.29, 1.82) is 0 Å². The Kier molecular flexibility index (Phi) is 4.56. The molecule has 2 nitrogen and oxygen atoms in total. The van der Waals surface area contributed by atoms with Gasteiger partial charge in [0.15, 0.2) is 0 Å². The zero-order valence-electron chi connectivity index (χ0n) is 12.6. The molecule has 2 aliphatic rings. The first-order chi connectivity index (χ1) is 10.0. The van der Waals surface area contributed by atoms with E-state index in [4.69, 9.17) is 22.1 Å². The summed E-state index contributed by atoms with van der Waals surface area (Å²) < 4.78 is 6.20. The fraction of sp³-hybridized carbons (Fsp3) is 0.647. The van der Waals surface area contributed by atoms with Gasteiger partial charge in [0.2, 0.25) is 0 Å². The average molecular weight is 326 g/mol. The van der Waals surface area contributed by atoms with Crippen molar-refractivity contribution in [3.8, 4) is 0 Å². The van der Waals surface area contributed by atoms with Gasteiger partial charge in [-0.05, 0) is 67.7 Å². The monoisotopic (exact) mass is 325 g/mol. The Bertz CT molecular complexity index is 494. The van der Waals surface area contributed by atoms with Gasteiger partial charge in [0.05, 0.1) is 5.60 Å². The molecule has 2 atom stereocenters. The van der Waals surface area contributed by atoms with Gasteiger partial charge in [-0.3, -0.25) is 0 Å². The van der Waals surface area contributed by atoms with E-state index in [0.29, 0.717) is 5.92 Å². The van der Waals surface area contributed by atoms with Gasteiger partial charge < -0.3 is 10.5 Å². The Hall–Kier alpha value is -0.220. The van der Waals surface area contributed by atoms with Crippen LogP contribution in [0.5, 0.6) is 0 Å². The summed E-state index contributed by atoms with van der Waals surface area (Å²) in [6.07, 6.45) is 4.45. The van der Waals surface area contributed by atoms with E-state index in [-0.39, 0.29) is 11.1 Å². The van der Waals surface area contributed by atoms with Crippen LogP contribution < -0.4 is 5.73 Å². The summed E-state index contributed by atoms with van der Waals surface area (Å²) in [5.41, 5.74) is 7.63. The molecule has 2 aliphatic heterocycles. The molecular formula is C17H24ClNOS. The molecular weight excluding hydrogens is 302 g/mol. The van der Waals surface area contributed by atoms with Crippen molar-refractivity contribution in [3.05, 3.63) is 34.9 Å². The average Bonchev–Trinajstić information content (AvgIpc) is 2.48. The molecule has 0 aliphatic carbocycles. The van der Waals surface area contributed by atoms with Gasteiger partial charge in [0.25, 0.3) is 0 Å². The van der Waals surface area contributed by atoms with Crippen LogP contribution in [0.25, 0.3) is 0 Å². The molecule has 116 valence electrons. The minimum Gasteiger partial charge on any atom is -0.375 e. The maximum Gasteiger partial charge on any atom is 0.0701 e. The Labute approximate surface area is 136 Å². The number of ether oxygens (including phenoxy) is 1. The molecule has 2 N–H and O–H groups in total. The summed E-state index contributed by atoms with van der Waals surface area (Å²) in [5.74, 6) is 2.88. The van der Waals surface area contributed by atoms with Gasteiger partial charge in [-0.15, -0.1) is 0 Å². The lowest BCUT2D eigenvalue weighted by Gasteiger charge is -2.48. The number of halogens is 1. The Balaban J connectivity index is 1.81. The minimum atomic E-state index is -0.341. The zero-order valence-corrected chi connectivity index (χ0v) is 14.2. The topological polar surface area (TPSA) is 35.2 Å². The van der Waals surface area contributed by atoms with Gasteiger partial charge in [0, 0.05) is 17.2 Å². The van der Waals surface area contributed by atoms with Crippen molar-refractivity contribution in [1.82, 2.24) is 0 Å². The van der Waals surface area contributed by atoms with Crippen LogP contribution in [0.2, 0.25) is 5.02 Å². The maximum absolute atomic E-state index is 6.75. The van der Waals surface area contributed by atoms with E-state index in [1.54, 1.807) is 0 Å². The van der Waals surface area contributed by atoms with E-state index in [0.717, 1.165) is 30.0 Å². The first kappa shape index (κ1) is 15.7. The fourth-order valence-corrected chi connectivity index (χ4v) is 5.12. The second-order valence-electron chi connectivity index (χ2n) is 6.63. The van der Waals surface area contributed by atoms with Crippen molar-refractivity contribution in [2.45, 2.75) is 43.7 Å². The normalized spacial score (nSPS) is 28.2. The molecule has 0 saturated carbocycles. The summed E-state index contributed by atoms with van der Waals surface area (Å²) in [5, 5.41) is 0.764. The second kappa shape index (κ2) is 6.11. The van der Waals surface area contributed by atoms with Crippen LogP contribution >= 0.6 is 23.4 Å². The first-order valence-corrected chi connectivity index (χ1v) is 9.32. The smallest absolute Gasteiger partial charge is 0.0701 e. The highest BCUT2D eigenvalue weighted by atomic mass is 35.5. The molecule has 2 fully saturated rings. The fourth-order valence-electron chi connectivity index (χ4n) is 3.69. The van der Waals surface area contributed by atoms with Gasteiger partial charge in [0.1, 0.15) is 0 Å². The number of nitrogens with two attached hydrogens (primary N) is 1. The Morgan fingerprint density at radius 3 is 2.86 bits per heavy atom. The van der Waals surface area contributed by atoms with E-state index >= 15 is 0 Å². The van der Waals surface area contributed by atoms with Crippen LogP contribution in [-0.4, -0.2) is 23.7 Å². The molecule has 4 heteroatoms. The predicted molar refractivity (Wildman–Crippen MR) is 91.0 cm³/mol. The molecule has 2 saturated heterocycles. The zero-order chi connectivity index (χ0) is 14.9. The third-order valence-electron chi connectivity index (χ3n) is 5.19. The third kappa shape index (κ3) is 3.26. The summed E-state index contributed by atoms with van der Waals surface area (Å²) in [7, 11) is 0. The molecule has 1 spiro atoms. The highest BCUT2D eigenvalue weighted by Gasteiger charge is 2.44. The largest absolute Gasteiger partial charge is 0.375 e. The highest BCUT2D eigenvalue weighted by Crippen LogP contribution is 2.45. The molecule has 0 amide bonds. The van der Waals surface area contributed by atoms with Crippen LogP contribution in [-0.2, 0) is 10.3 Å². The molecule has 0 bridgehead atoms. The lowest BCUT2D eigenvalue weighted by molar-refractivity contribution is -0.113. The number of thioether (sulfide) groups is 1. The molecule has 0 aromatic heterocycles. The molecule has 2 unspecified atom stereocenters. The molecule has 1 aromatic rings. The van der Waals surface area contributed by atoms with Gasteiger partial charge in [-0.25, -0.2) is 0 Å². The van der Waals surface area contributed by atoms with E-state index < -0.39 is 0 Å². The summed E-state index contributed by atoms with van der Waals surface area (Å²) in [4.78, 5) is 0. The van der Waals surface area contributed by atoms with Gasteiger partial charge in [-0.2, -0.15) is 11.8 Å². The molecule has 1 aromatic carbocycles. The maximum atomic E-state index is 6.75. The van der Waals surface area contributed by atoms with Crippen molar-refractivity contribution in [3.63, 3.8) is 0 Å². The van der Waals surface area contributed by atoms with E-state index in [9.17, 15) is 0 Å². The van der Waals surface area contributed by atoms with Crippen LogP contribution in [0.4, 0.5) is 0 Å². The lowest BCUT2D eigenvalue weighted by atomic mass is 9.70. The minimum absolute atomic E-state index is 0.0768. The Morgan fingerprint density at radius 2 is 2.14 bits per heavy atom. The second-order valence-corrected chi connectivity index (χ2v) is 8.29. The van der Waals surface area contributed by atoms with E-state index in [2.05, 4.69) is 13.0 Å². The standard InChI is InChI=1S/C17H24ClNOS/c1-16(19,13-3-2-4-15(18)11-13)14-5-8-20-17(12-14)6-9-21-10-7-17/h2-4,11,14H,5-10,12,19H2,1H3. The number of rotatable bonds is 2. The molecule has 21 heavy (non-hydrogen) atoms. The third-order valence-corrected chi connectivity index (χ3v) is 6.41. The van der Waals surface area contributed by atoms with Crippen LogP contribution in [0.15, 0.2) is 24.3 Å². The van der Waals surface area contributed by atoms with Gasteiger partial charge in [-0.1, -0.05) is 23.7 Å². The van der Waals surface area contributed by atoms with Crippen LogP contribution in [0.1, 0.15) is 38.2 Å². The molecule has 3 rings (SSSR count). The lowest BCUT2D eigenvalue weighted by Crippen LogP contribution is -2.51. The van der Waals surface area contributed by atoms with Crippen molar-refractivity contribution in [2.24, 2.45) is 11.7 Å². The number of benzene rings is 1. The molecule has 0 radical (unpaired) electrons. The highest BCUT2D eigenvalue weighted by molar-refractivity contribution is 7.99. The SMILES string of the molecule is CC(N)(c1cccc(Cl)c1)C1CCOC2(CCSCC2)C1. The first-order valence-electron chi connectivity index (χ1n) is 7.79. The van der Waals surface area contributed by atoms with Crippen molar-refractivity contribution in [2.75, 3.05) is 18.1 Å². The summed E-state index contributed by atoms with van der Waals surface area (Å²) >= 11 is 8.19. The van der Waals surface area contributed by atoms with E-state index in [1.165, 1.54) is 24.3 Å². The van der Waals surface area contributed by atoms with Crippen molar-refractivity contribution < 1.29 is 4.74 Å². The quantitative estimate of drug-likeness (QED) is 0.884. The molecule has 2 heterocycles. The van der Waals surface area contributed by atoms with Crippen LogP contribution in [0.3, 0.4) is 0 Å². The predicted octanol–water partition coefficient (Wildman–Crippen LogP) is 4.21. The number of hydrogen-bond acceptors (Lipinski definition) is 3. The van der Waals surface area contributed by atoms with Crippen molar-refractivity contribution >= 4 is 23.4 Å². The summed E-state index contributed by atoms with van der Waals surface area (Å²) in [6, 6.07) is 8.02. The summed E-state index contributed by atoms with van der Waals surface area (Å²) in [6.45, 7) is 2.99. The van der Waals surface area contributed by atoms with Crippen LogP contribution in [0, 0.1) is 5.92 Å².